The molecule has 0 amide bonds. The number of aromatic nitrogens is 3. The molecule has 2 aromatic heterocycles. The Balaban J connectivity index is 1.75. The molecule has 3 heterocycles. The van der Waals surface area contributed by atoms with Crippen LogP contribution in [0.4, 0.5) is 0 Å². The Morgan fingerprint density at radius 3 is 2.90 bits per heavy atom. The van der Waals surface area contributed by atoms with Crippen LogP contribution in [0.25, 0.3) is 10.7 Å². The number of nitrogens with zero attached hydrogens (tertiary/aromatic N) is 4. The van der Waals surface area contributed by atoms with Gasteiger partial charge in [0.25, 0.3) is 0 Å². The molecule has 1 atom stereocenters. The highest BCUT2D eigenvalue weighted by molar-refractivity contribution is 7.15. The lowest BCUT2D eigenvalue weighted by atomic mass is 10.1. The van der Waals surface area contributed by atoms with E-state index in [1.165, 1.54) is 30.7 Å². The minimum absolute atomic E-state index is 0.731. The molecule has 1 aliphatic rings. The Kier molecular flexibility index (Phi) is 3.89. The van der Waals surface area contributed by atoms with Crippen LogP contribution >= 0.6 is 11.3 Å². The second kappa shape index (κ2) is 5.66. The molecule has 0 radical (unpaired) electrons. The molecule has 2 aromatic rings. The number of imidazole rings is 1. The van der Waals surface area contributed by atoms with Crippen LogP contribution in [0.15, 0.2) is 12.4 Å². The number of hydrogen-bond acceptors (Lipinski definition) is 4. The Labute approximate surface area is 124 Å². The van der Waals surface area contributed by atoms with E-state index >= 15 is 0 Å². The lowest BCUT2D eigenvalue weighted by Crippen LogP contribution is -2.26. The molecule has 0 spiro atoms. The summed E-state index contributed by atoms with van der Waals surface area (Å²) in [4.78, 5) is 12.8. The van der Waals surface area contributed by atoms with E-state index in [-0.39, 0.29) is 0 Å². The Morgan fingerprint density at radius 2 is 2.25 bits per heavy atom. The van der Waals surface area contributed by atoms with Crippen LogP contribution in [0, 0.1) is 13.8 Å². The van der Waals surface area contributed by atoms with Crippen molar-refractivity contribution in [1.82, 2.24) is 19.4 Å². The monoisotopic (exact) mass is 290 g/mol. The highest BCUT2D eigenvalue weighted by Gasteiger charge is 2.21. The maximum absolute atomic E-state index is 4.54. The number of rotatable bonds is 4. The molecular weight excluding hydrogens is 268 g/mol. The average Bonchev–Trinajstić information content (AvgIpc) is 3.08. The Morgan fingerprint density at radius 1 is 1.40 bits per heavy atom. The van der Waals surface area contributed by atoms with E-state index in [0.717, 1.165) is 29.1 Å². The highest BCUT2D eigenvalue weighted by Crippen LogP contribution is 2.29. The SMILES string of the molecule is Cc1nc(C)c(-c2nccn2CCC2CCCN2C)s1. The van der Waals surface area contributed by atoms with Crippen molar-refractivity contribution in [2.45, 2.75) is 45.7 Å². The number of hydrogen-bond donors (Lipinski definition) is 0. The normalized spacial score (nSPS) is 19.9. The van der Waals surface area contributed by atoms with Crippen molar-refractivity contribution < 1.29 is 0 Å². The molecule has 0 aliphatic carbocycles. The zero-order valence-electron chi connectivity index (χ0n) is 12.5. The second-order valence-electron chi connectivity index (χ2n) is 5.66. The molecule has 4 nitrogen and oxygen atoms in total. The van der Waals surface area contributed by atoms with Crippen molar-refractivity contribution in [3.05, 3.63) is 23.1 Å². The maximum atomic E-state index is 4.54. The van der Waals surface area contributed by atoms with Gasteiger partial charge in [-0.25, -0.2) is 9.97 Å². The predicted molar refractivity (Wildman–Crippen MR) is 83.1 cm³/mol. The molecule has 1 unspecified atom stereocenters. The third kappa shape index (κ3) is 2.65. The Hall–Kier alpha value is -1.20. The van der Waals surface area contributed by atoms with Gasteiger partial charge in [-0.05, 0) is 46.7 Å². The first-order valence-corrected chi connectivity index (χ1v) is 8.12. The molecular formula is C15H22N4S. The summed E-state index contributed by atoms with van der Waals surface area (Å²) in [6.45, 7) is 6.42. The van der Waals surface area contributed by atoms with Crippen molar-refractivity contribution in [2.24, 2.45) is 0 Å². The smallest absolute Gasteiger partial charge is 0.151 e. The molecule has 20 heavy (non-hydrogen) atoms. The molecule has 1 aliphatic heterocycles. The second-order valence-corrected chi connectivity index (χ2v) is 6.86. The van der Waals surface area contributed by atoms with Gasteiger partial charge in [-0.15, -0.1) is 11.3 Å². The van der Waals surface area contributed by atoms with E-state index in [9.17, 15) is 0 Å². The fourth-order valence-electron chi connectivity index (χ4n) is 3.07. The van der Waals surface area contributed by atoms with Crippen LogP contribution in [0.1, 0.15) is 30.0 Å². The maximum Gasteiger partial charge on any atom is 0.151 e. The molecule has 5 heteroatoms. The van der Waals surface area contributed by atoms with Crippen LogP contribution in [0.3, 0.4) is 0 Å². The van der Waals surface area contributed by atoms with Gasteiger partial charge in [-0.3, -0.25) is 0 Å². The minimum Gasteiger partial charge on any atom is -0.330 e. The van der Waals surface area contributed by atoms with Crippen LogP contribution in [0.2, 0.25) is 0 Å². The van der Waals surface area contributed by atoms with E-state index in [0.29, 0.717) is 0 Å². The summed E-state index contributed by atoms with van der Waals surface area (Å²) in [6, 6.07) is 0.731. The highest BCUT2D eigenvalue weighted by atomic mass is 32.1. The molecule has 0 N–H and O–H groups in total. The number of thiazole rings is 1. The fraction of sp³-hybridized carbons (Fsp3) is 0.600. The van der Waals surface area contributed by atoms with Gasteiger partial charge < -0.3 is 9.47 Å². The standard InChI is InChI=1S/C15H22N4S/c1-11-14(20-12(2)17-11)15-16-7-10-19(15)9-6-13-5-4-8-18(13)3/h7,10,13H,4-6,8-9H2,1-3H3. The van der Waals surface area contributed by atoms with Gasteiger partial charge in [0, 0.05) is 25.0 Å². The van der Waals surface area contributed by atoms with E-state index in [2.05, 4.69) is 46.5 Å². The summed E-state index contributed by atoms with van der Waals surface area (Å²) >= 11 is 1.74. The molecule has 1 saturated heterocycles. The summed E-state index contributed by atoms with van der Waals surface area (Å²) in [5.41, 5.74) is 1.10. The quantitative estimate of drug-likeness (QED) is 0.867. The van der Waals surface area contributed by atoms with E-state index < -0.39 is 0 Å². The van der Waals surface area contributed by atoms with Gasteiger partial charge in [-0.1, -0.05) is 0 Å². The largest absolute Gasteiger partial charge is 0.330 e. The molecule has 0 bridgehead atoms. The van der Waals surface area contributed by atoms with Crippen molar-refractivity contribution >= 4 is 11.3 Å². The summed E-state index contributed by atoms with van der Waals surface area (Å²) < 4.78 is 2.28. The van der Waals surface area contributed by atoms with Gasteiger partial charge in [0.15, 0.2) is 5.82 Å². The molecule has 3 rings (SSSR count). The van der Waals surface area contributed by atoms with Crippen LogP contribution in [-0.2, 0) is 6.54 Å². The van der Waals surface area contributed by atoms with Crippen molar-refractivity contribution in [3.8, 4) is 10.7 Å². The van der Waals surface area contributed by atoms with E-state index in [1.807, 2.05) is 6.20 Å². The van der Waals surface area contributed by atoms with E-state index in [1.54, 1.807) is 11.3 Å². The van der Waals surface area contributed by atoms with Crippen LogP contribution in [-0.4, -0.2) is 39.1 Å². The van der Waals surface area contributed by atoms with Gasteiger partial charge in [0.2, 0.25) is 0 Å². The zero-order valence-corrected chi connectivity index (χ0v) is 13.3. The lowest BCUT2D eigenvalue weighted by molar-refractivity contribution is 0.286. The van der Waals surface area contributed by atoms with E-state index in [4.69, 9.17) is 0 Å². The summed E-state index contributed by atoms with van der Waals surface area (Å²) in [5, 5.41) is 1.11. The third-order valence-electron chi connectivity index (χ3n) is 4.20. The summed E-state index contributed by atoms with van der Waals surface area (Å²) in [6.07, 6.45) is 7.88. The van der Waals surface area contributed by atoms with Crippen molar-refractivity contribution in [3.63, 3.8) is 0 Å². The average molecular weight is 290 g/mol. The molecule has 0 saturated carbocycles. The third-order valence-corrected chi connectivity index (χ3v) is 5.27. The molecule has 0 aromatic carbocycles. The molecule has 108 valence electrons. The van der Waals surface area contributed by atoms with Crippen LogP contribution < -0.4 is 0 Å². The first-order valence-electron chi connectivity index (χ1n) is 7.31. The summed E-state index contributed by atoms with van der Waals surface area (Å²) in [5.74, 6) is 1.08. The Bertz CT molecular complexity index is 586. The lowest BCUT2D eigenvalue weighted by Gasteiger charge is -2.19. The summed E-state index contributed by atoms with van der Waals surface area (Å²) in [7, 11) is 2.24. The first kappa shape index (κ1) is 13.8. The van der Waals surface area contributed by atoms with Crippen molar-refractivity contribution in [2.75, 3.05) is 13.6 Å². The fourth-order valence-corrected chi connectivity index (χ4v) is 4.00. The first-order chi connectivity index (χ1) is 9.65. The van der Waals surface area contributed by atoms with Gasteiger partial charge in [0.05, 0.1) is 15.6 Å². The minimum atomic E-state index is 0.731. The predicted octanol–water partition coefficient (Wildman–Crippen LogP) is 3.11. The number of likely N-dealkylation sites (tertiary alicyclic amines) is 1. The topological polar surface area (TPSA) is 34.0 Å². The number of aryl methyl sites for hydroxylation is 3. The van der Waals surface area contributed by atoms with Gasteiger partial charge in [-0.2, -0.15) is 0 Å². The van der Waals surface area contributed by atoms with Gasteiger partial charge in [0.1, 0.15) is 0 Å². The molecule has 1 fully saturated rings. The zero-order chi connectivity index (χ0) is 14.1. The van der Waals surface area contributed by atoms with Gasteiger partial charge >= 0.3 is 0 Å². The van der Waals surface area contributed by atoms with Crippen LogP contribution in [0.5, 0.6) is 0 Å². The van der Waals surface area contributed by atoms with Crippen molar-refractivity contribution in [1.29, 1.82) is 0 Å².